The lowest BCUT2D eigenvalue weighted by atomic mass is 10.0. The van der Waals surface area contributed by atoms with Crippen LogP contribution in [0, 0.1) is 0 Å². The van der Waals surface area contributed by atoms with Crippen LogP contribution in [0.2, 0.25) is 0 Å². The molecule has 5 nitrogen and oxygen atoms in total. The molecule has 0 unspecified atom stereocenters. The van der Waals surface area contributed by atoms with Gasteiger partial charge in [0.1, 0.15) is 0 Å². The summed E-state index contributed by atoms with van der Waals surface area (Å²) in [6.07, 6.45) is 0. The Balaban J connectivity index is 1.40. The Morgan fingerprint density at radius 3 is 1.97 bits per heavy atom. The molecule has 4 rings (SSSR count). The number of amides is 2. The molecule has 4 aromatic rings. The minimum atomic E-state index is -0.248. The van der Waals surface area contributed by atoms with Gasteiger partial charge in [-0.05, 0) is 53.1 Å². The molecule has 158 valence electrons. The third kappa shape index (κ3) is 5.02. The molecule has 32 heavy (non-hydrogen) atoms. The van der Waals surface area contributed by atoms with Crippen LogP contribution in [0.1, 0.15) is 26.3 Å². The Morgan fingerprint density at radius 1 is 0.656 bits per heavy atom. The maximum atomic E-state index is 12.7. The van der Waals surface area contributed by atoms with Crippen LogP contribution in [0.5, 0.6) is 0 Å². The molecular formula is C27H23N3O2. The minimum Gasteiger partial charge on any atom is -0.397 e. The highest BCUT2D eigenvalue weighted by molar-refractivity contribution is 6.06. The van der Waals surface area contributed by atoms with Crippen molar-refractivity contribution in [2.45, 2.75) is 6.54 Å². The van der Waals surface area contributed by atoms with E-state index < -0.39 is 0 Å². The van der Waals surface area contributed by atoms with E-state index in [0.717, 1.165) is 16.7 Å². The summed E-state index contributed by atoms with van der Waals surface area (Å²) in [6, 6.07) is 31.6. The fourth-order valence-electron chi connectivity index (χ4n) is 3.32. The number of hydrogen-bond donors (Lipinski definition) is 3. The lowest BCUT2D eigenvalue weighted by molar-refractivity contribution is 0.0949. The molecule has 0 aliphatic heterocycles. The minimum absolute atomic E-state index is 0.138. The number of benzene rings is 4. The zero-order valence-corrected chi connectivity index (χ0v) is 17.4. The van der Waals surface area contributed by atoms with E-state index in [1.54, 1.807) is 30.3 Å². The van der Waals surface area contributed by atoms with Gasteiger partial charge in [0.15, 0.2) is 0 Å². The molecule has 0 aromatic heterocycles. The molecule has 4 N–H and O–H groups in total. The van der Waals surface area contributed by atoms with Crippen molar-refractivity contribution in [3.63, 3.8) is 0 Å². The molecule has 0 atom stereocenters. The normalized spacial score (nSPS) is 10.4. The van der Waals surface area contributed by atoms with Crippen molar-refractivity contribution in [3.05, 3.63) is 120 Å². The van der Waals surface area contributed by atoms with Gasteiger partial charge in [-0.25, -0.2) is 0 Å². The SMILES string of the molecule is Nc1ccc(-c2ccccc2)cc1NC(=O)c1ccc(CNC(=O)c2ccccc2)cc1. The lowest BCUT2D eigenvalue weighted by Gasteiger charge is -2.11. The van der Waals surface area contributed by atoms with Crippen LogP contribution in [0.4, 0.5) is 11.4 Å². The van der Waals surface area contributed by atoms with E-state index in [-0.39, 0.29) is 11.8 Å². The fraction of sp³-hybridized carbons (Fsp3) is 0.0370. The average molecular weight is 422 g/mol. The predicted octanol–water partition coefficient (Wildman–Crippen LogP) is 5.12. The van der Waals surface area contributed by atoms with E-state index in [1.807, 2.05) is 72.8 Å². The Bertz CT molecular complexity index is 1220. The number of nitrogens with two attached hydrogens (primary N) is 1. The van der Waals surface area contributed by atoms with Gasteiger partial charge in [0.05, 0.1) is 11.4 Å². The molecule has 0 saturated carbocycles. The van der Waals surface area contributed by atoms with Crippen molar-refractivity contribution >= 4 is 23.2 Å². The third-order valence-electron chi connectivity index (χ3n) is 5.11. The van der Waals surface area contributed by atoms with Gasteiger partial charge in [-0.2, -0.15) is 0 Å². The number of carbonyl (C=O) groups is 2. The number of rotatable bonds is 6. The van der Waals surface area contributed by atoms with Crippen LogP contribution in [0.15, 0.2) is 103 Å². The van der Waals surface area contributed by atoms with E-state index in [2.05, 4.69) is 10.6 Å². The summed E-state index contributed by atoms with van der Waals surface area (Å²) in [6.45, 7) is 0.377. The summed E-state index contributed by atoms with van der Waals surface area (Å²) in [4.78, 5) is 24.9. The Hall–Kier alpha value is -4.38. The Morgan fingerprint density at radius 2 is 1.28 bits per heavy atom. The van der Waals surface area contributed by atoms with Gasteiger partial charge in [-0.1, -0.05) is 66.7 Å². The van der Waals surface area contributed by atoms with Crippen molar-refractivity contribution < 1.29 is 9.59 Å². The highest BCUT2D eigenvalue weighted by Crippen LogP contribution is 2.27. The van der Waals surface area contributed by atoms with Crippen molar-refractivity contribution in [1.29, 1.82) is 0 Å². The first kappa shape index (κ1) is 20.9. The van der Waals surface area contributed by atoms with Crippen LogP contribution >= 0.6 is 0 Å². The molecule has 0 aliphatic rings. The number of nitrogen functional groups attached to an aromatic ring is 1. The van der Waals surface area contributed by atoms with Crippen LogP contribution in [-0.2, 0) is 6.54 Å². The third-order valence-corrected chi connectivity index (χ3v) is 5.11. The molecule has 0 fully saturated rings. The summed E-state index contributed by atoms with van der Waals surface area (Å²) in [5.74, 6) is -0.386. The molecule has 0 bridgehead atoms. The number of hydrogen-bond acceptors (Lipinski definition) is 3. The number of nitrogens with one attached hydrogen (secondary N) is 2. The van der Waals surface area contributed by atoms with Gasteiger partial charge in [0, 0.05) is 17.7 Å². The van der Waals surface area contributed by atoms with Gasteiger partial charge in [-0.15, -0.1) is 0 Å². The quantitative estimate of drug-likeness (QED) is 0.378. The first-order chi connectivity index (χ1) is 15.6. The van der Waals surface area contributed by atoms with Crippen molar-refractivity contribution in [3.8, 4) is 11.1 Å². The topological polar surface area (TPSA) is 84.2 Å². The summed E-state index contributed by atoms with van der Waals surface area (Å²) >= 11 is 0. The largest absolute Gasteiger partial charge is 0.397 e. The zero-order chi connectivity index (χ0) is 22.3. The van der Waals surface area contributed by atoms with E-state index in [1.165, 1.54) is 0 Å². The van der Waals surface area contributed by atoms with Crippen molar-refractivity contribution in [1.82, 2.24) is 5.32 Å². The van der Waals surface area contributed by atoms with Crippen molar-refractivity contribution in [2.24, 2.45) is 0 Å². The first-order valence-electron chi connectivity index (χ1n) is 10.3. The van der Waals surface area contributed by atoms with Gasteiger partial charge in [0.25, 0.3) is 11.8 Å². The van der Waals surface area contributed by atoms with Gasteiger partial charge >= 0.3 is 0 Å². The second-order valence-electron chi connectivity index (χ2n) is 7.37. The Labute approximate surface area is 186 Å². The monoisotopic (exact) mass is 421 g/mol. The summed E-state index contributed by atoms with van der Waals surface area (Å²) in [5, 5.41) is 5.77. The Kier molecular flexibility index (Phi) is 6.28. The van der Waals surface area contributed by atoms with Crippen molar-refractivity contribution in [2.75, 3.05) is 11.1 Å². The standard InChI is InChI=1S/C27H23N3O2/c28-24-16-15-23(20-7-3-1-4-8-20)17-25(24)30-27(32)22-13-11-19(12-14-22)18-29-26(31)21-9-5-2-6-10-21/h1-17H,18,28H2,(H,29,31)(H,30,32). The molecule has 0 radical (unpaired) electrons. The predicted molar refractivity (Wildman–Crippen MR) is 128 cm³/mol. The summed E-state index contributed by atoms with van der Waals surface area (Å²) in [7, 11) is 0. The number of carbonyl (C=O) groups excluding carboxylic acids is 2. The molecule has 2 amide bonds. The van der Waals surface area contributed by atoms with Crippen LogP contribution < -0.4 is 16.4 Å². The smallest absolute Gasteiger partial charge is 0.255 e. The second-order valence-corrected chi connectivity index (χ2v) is 7.37. The van der Waals surface area contributed by atoms with E-state index >= 15 is 0 Å². The summed E-state index contributed by atoms with van der Waals surface area (Å²) in [5.41, 5.74) is 11.2. The molecule has 0 aliphatic carbocycles. The van der Waals surface area contributed by atoms with Crippen LogP contribution in [0.3, 0.4) is 0 Å². The first-order valence-corrected chi connectivity index (χ1v) is 10.3. The lowest BCUT2D eigenvalue weighted by Crippen LogP contribution is -2.22. The molecule has 0 saturated heterocycles. The maximum absolute atomic E-state index is 12.7. The van der Waals surface area contributed by atoms with Gasteiger partial charge < -0.3 is 16.4 Å². The number of anilines is 2. The van der Waals surface area contributed by atoms with Crippen LogP contribution in [0.25, 0.3) is 11.1 Å². The molecule has 0 heterocycles. The highest BCUT2D eigenvalue weighted by Gasteiger charge is 2.10. The fourth-order valence-corrected chi connectivity index (χ4v) is 3.32. The highest BCUT2D eigenvalue weighted by atomic mass is 16.2. The molecule has 4 aromatic carbocycles. The molecule has 5 heteroatoms. The van der Waals surface area contributed by atoms with Crippen LogP contribution in [-0.4, -0.2) is 11.8 Å². The van der Waals surface area contributed by atoms with E-state index in [9.17, 15) is 9.59 Å². The van der Waals surface area contributed by atoms with Gasteiger partial charge in [-0.3, -0.25) is 9.59 Å². The molecule has 0 spiro atoms. The summed E-state index contributed by atoms with van der Waals surface area (Å²) < 4.78 is 0. The second kappa shape index (κ2) is 9.62. The molecular weight excluding hydrogens is 398 g/mol. The van der Waals surface area contributed by atoms with E-state index in [4.69, 9.17) is 5.73 Å². The van der Waals surface area contributed by atoms with E-state index in [0.29, 0.717) is 29.0 Å². The van der Waals surface area contributed by atoms with Gasteiger partial charge in [0.2, 0.25) is 0 Å². The zero-order valence-electron chi connectivity index (χ0n) is 17.4. The average Bonchev–Trinajstić information content (AvgIpc) is 2.85. The maximum Gasteiger partial charge on any atom is 0.255 e.